The largest absolute Gasteiger partial charge is 0.342 e. The van der Waals surface area contributed by atoms with E-state index in [1.165, 1.54) is 30.5 Å². The molecule has 0 amide bonds. The molecule has 0 spiro atoms. The van der Waals surface area contributed by atoms with E-state index in [0.29, 0.717) is 4.64 Å². The predicted octanol–water partition coefficient (Wildman–Crippen LogP) is 5.00. The number of rotatable bonds is 1. The van der Waals surface area contributed by atoms with Crippen LogP contribution in [0.25, 0.3) is 11.5 Å². The Morgan fingerprint density at radius 1 is 1.15 bits per heavy atom. The van der Waals surface area contributed by atoms with E-state index in [1.54, 1.807) is 6.20 Å². The minimum atomic E-state index is 0.715. The molecule has 1 aliphatic carbocycles. The number of H-pyrrole nitrogens is 1. The maximum absolute atomic E-state index is 5.47. The summed E-state index contributed by atoms with van der Waals surface area (Å²) in [6.07, 6.45) is 7.51. The van der Waals surface area contributed by atoms with Crippen LogP contribution in [0.15, 0.2) is 21.2 Å². The van der Waals surface area contributed by atoms with Crippen molar-refractivity contribution in [2.75, 3.05) is 0 Å². The van der Waals surface area contributed by atoms with Gasteiger partial charge in [-0.3, -0.25) is 4.98 Å². The molecular formula is C14H13Br2N3S. The number of aromatic nitrogens is 3. The first kappa shape index (κ1) is 14.4. The Labute approximate surface area is 139 Å². The molecule has 3 rings (SSSR count). The monoisotopic (exact) mass is 413 g/mol. The van der Waals surface area contributed by atoms with E-state index in [2.05, 4.69) is 46.8 Å². The Morgan fingerprint density at radius 3 is 2.75 bits per heavy atom. The fourth-order valence-corrected chi connectivity index (χ4v) is 3.99. The molecule has 0 bridgehead atoms. The van der Waals surface area contributed by atoms with E-state index in [4.69, 9.17) is 12.2 Å². The Balaban J connectivity index is 2.13. The number of nitrogens with zero attached hydrogens (tertiary/aromatic N) is 2. The standard InChI is InChI=1S/C14H13Br2N3S/c15-8-6-10(16)12(17-7-8)13-18-11-5-3-1-2-4-9(11)14(20)19-13/h6-7H,1-5H2,(H,18,19,20). The molecule has 0 saturated carbocycles. The molecule has 2 aromatic rings. The van der Waals surface area contributed by atoms with Crippen molar-refractivity contribution in [3.8, 4) is 11.5 Å². The lowest BCUT2D eigenvalue weighted by atomic mass is 10.1. The number of nitrogens with one attached hydrogen (secondary N) is 1. The van der Waals surface area contributed by atoms with Crippen LogP contribution >= 0.6 is 44.1 Å². The molecule has 0 unspecified atom stereocenters. The van der Waals surface area contributed by atoms with Gasteiger partial charge in [0.1, 0.15) is 10.3 Å². The molecule has 3 nitrogen and oxygen atoms in total. The summed E-state index contributed by atoms with van der Waals surface area (Å²) >= 11 is 12.4. The average molecular weight is 415 g/mol. The molecular weight excluding hydrogens is 402 g/mol. The predicted molar refractivity (Wildman–Crippen MR) is 89.3 cm³/mol. The number of aromatic amines is 1. The highest BCUT2D eigenvalue weighted by Crippen LogP contribution is 2.28. The van der Waals surface area contributed by atoms with E-state index < -0.39 is 0 Å². The summed E-state index contributed by atoms with van der Waals surface area (Å²) in [5, 5.41) is 0. The van der Waals surface area contributed by atoms with Crippen LogP contribution in [0.5, 0.6) is 0 Å². The summed E-state index contributed by atoms with van der Waals surface area (Å²) in [6, 6.07) is 1.96. The molecule has 1 aliphatic rings. The molecule has 104 valence electrons. The Bertz CT molecular complexity index is 712. The van der Waals surface area contributed by atoms with Gasteiger partial charge >= 0.3 is 0 Å². The quantitative estimate of drug-likeness (QED) is 0.527. The van der Waals surface area contributed by atoms with Crippen molar-refractivity contribution < 1.29 is 0 Å². The van der Waals surface area contributed by atoms with Gasteiger partial charge in [0.05, 0.1) is 0 Å². The molecule has 0 fully saturated rings. The number of aryl methyl sites for hydroxylation is 1. The number of hydrogen-bond donors (Lipinski definition) is 1. The van der Waals surface area contributed by atoms with Crippen molar-refractivity contribution >= 4 is 44.1 Å². The molecule has 0 atom stereocenters. The normalized spacial score (nSPS) is 14.7. The Kier molecular flexibility index (Phi) is 4.33. The maximum atomic E-state index is 5.47. The summed E-state index contributed by atoms with van der Waals surface area (Å²) in [4.78, 5) is 12.4. The second-order valence-corrected chi connectivity index (χ2v) is 7.05. The second kappa shape index (κ2) is 6.03. The van der Waals surface area contributed by atoms with Gasteiger partial charge in [-0.05, 0) is 63.6 Å². The van der Waals surface area contributed by atoms with Crippen LogP contribution in [0.4, 0.5) is 0 Å². The molecule has 6 heteroatoms. The Morgan fingerprint density at radius 2 is 1.95 bits per heavy atom. The molecule has 2 aromatic heterocycles. The lowest BCUT2D eigenvalue weighted by molar-refractivity contribution is 0.708. The van der Waals surface area contributed by atoms with E-state index >= 15 is 0 Å². The van der Waals surface area contributed by atoms with Crippen molar-refractivity contribution in [3.63, 3.8) is 0 Å². The zero-order valence-electron chi connectivity index (χ0n) is 10.7. The van der Waals surface area contributed by atoms with Gasteiger partial charge in [-0.2, -0.15) is 0 Å². The van der Waals surface area contributed by atoms with Crippen LogP contribution in [0.2, 0.25) is 0 Å². The lowest BCUT2D eigenvalue weighted by Crippen LogP contribution is -2.03. The van der Waals surface area contributed by atoms with Crippen LogP contribution in [-0.4, -0.2) is 15.0 Å². The number of fused-ring (bicyclic) bond motifs is 1. The third kappa shape index (κ3) is 2.87. The summed E-state index contributed by atoms with van der Waals surface area (Å²) in [7, 11) is 0. The SMILES string of the molecule is S=c1nc(-c2ncc(Br)cc2Br)[nH]c2c1CCCCC2. The average Bonchev–Trinajstić information content (AvgIpc) is 2.64. The minimum absolute atomic E-state index is 0.715. The van der Waals surface area contributed by atoms with Crippen LogP contribution < -0.4 is 0 Å². The number of hydrogen-bond acceptors (Lipinski definition) is 3. The van der Waals surface area contributed by atoms with Gasteiger partial charge in [-0.15, -0.1) is 0 Å². The zero-order chi connectivity index (χ0) is 14.1. The van der Waals surface area contributed by atoms with E-state index in [-0.39, 0.29) is 0 Å². The molecule has 0 saturated heterocycles. The summed E-state index contributed by atoms with van der Waals surface area (Å²) in [6.45, 7) is 0. The van der Waals surface area contributed by atoms with Gasteiger partial charge in [-0.1, -0.05) is 18.6 Å². The van der Waals surface area contributed by atoms with Gasteiger partial charge in [-0.25, -0.2) is 4.98 Å². The highest BCUT2D eigenvalue weighted by molar-refractivity contribution is 9.11. The summed E-state index contributed by atoms with van der Waals surface area (Å²) < 4.78 is 2.55. The second-order valence-electron chi connectivity index (χ2n) is 4.89. The smallest absolute Gasteiger partial charge is 0.159 e. The van der Waals surface area contributed by atoms with Crippen LogP contribution in [-0.2, 0) is 12.8 Å². The molecule has 20 heavy (non-hydrogen) atoms. The fourth-order valence-electron chi connectivity index (χ4n) is 2.50. The summed E-state index contributed by atoms with van der Waals surface area (Å²) in [5.41, 5.74) is 3.25. The maximum Gasteiger partial charge on any atom is 0.159 e. The van der Waals surface area contributed by atoms with Crippen molar-refractivity contribution in [1.82, 2.24) is 15.0 Å². The van der Waals surface area contributed by atoms with E-state index in [1.807, 2.05) is 6.07 Å². The van der Waals surface area contributed by atoms with E-state index in [9.17, 15) is 0 Å². The molecule has 0 aliphatic heterocycles. The molecule has 1 N–H and O–H groups in total. The number of pyridine rings is 1. The van der Waals surface area contributed by atoms with Gasteiger partial charge in [0.15, 0.2) is 5.82 Å². The Hall–Kier alpha value is -0.590. The van der Waals surface area contributed by atoms with Gasteiger partial charge in [0, 0.05) is 26.4 Å². The van der Waals surface area contributed by atoms with Crippen molar-refractivity contribution in [2.24, 2.45) is 0 Å². The topological polar surface area (TPSA) is 41.6 Å². The summed E-state index contributed by atoms with van der Waals surface area (Å²) in [5.74, 6) is 0.745. The minimum Gasteiger partial charge on any atom is -0.342 e. The lowest BCUT2D eigenvalue weighted by Gasteiger charge is -2.10. The van der Waals surface area contributed by atoms with Crippen LogP contribution in [0, 0.1) is 4.64 Å². The third-order valence-corrected chi connectivity index (χ3v) is 4.87. The third-order valence-electron chi connectivity index (χ3n) is 3.49. The first-order valence-corrected chi connectivity index (χ1v) is 8.58. The zero-order valence-corrected chi connectivity index (χ0v) is 14.7. The van der Waals surface area contributed by atoms with Crippen molar-refractivity contribution in [2.45, 2.75) is 32.1 Å². The first-order valence-electron chi connectivity index (χ1n) is 6.58. The highest BCUT2D eigenvalue weighted by atomic mass is 79.9. The fraction of sp³-hybridized carbons (Fsp3) is 0.357. The molecule has 0 radical (unpaired) electrons. The van der Waals surface area contributed by atoms with E-state index in [0.717, 1.165) is 33.3 Å². The van der Waals surface area contributed by atoms with Crippen molar-refractivity contribution in [1.29, 1.82) is 0 Å². The van der Waals surface area contributed by atoms with Crippen LogP contribution in [0.3, 0.4) is 0 Å². The molecule has 0 aromatic carbocycles. The van der Waals surface area contributed by atoms with Crippen LogP contribution in [0.1, 0.15) is 30.5 Å². The number of halogens is 2. The van der Waals surface area contributed by atoms with Gasteiger partial charge in [0.2, 0.25) is 0 Å². The molecule has 2 heterocycles. The van der Waals surface area contributed by atoms with Gasteiger partial charge < -0.3 is 4.98 Å². The van der Waals surface area contributed by atoms with Crippen molar-refractivity contribution in [3.05, 3.63) is 37.1 Å². The first-order chi connectivity index (χ1) is 9.65. The highest BCUT2D eigenvalue weighted by Gasteiger charge is 2.15. The van der Waals surface area contributed by atoms with Gasteiger partial charge in [0.25, 0.3) is 0 Å².